The topological polar surface area (TPSA) is 38.3 Å². The van der Waals surface area contributed by atoms with Gasteiger partial charge in [0.15, 0.2) is 6.10 Å². The summed E-state index contributed by atoms with van der Waals surface area (Å²) in [5.74, 6) is 1.55. The Kier molecular flexibility index (Phi) is 6.92. The molecule has 0 aliphatic heterocycles. The maximum Gasteiger partial charge on any atom is 0.261 e. The molecule has 0 fully saturated rings. The molecule has 1 amide bonds. The van der Waals surface area contributed by atoms with Crippen LogP contribution in [0.4, 0.5) is 0 Å². The lowest BCUT2D eigenvalue weighted by molar-refractivity contribution is -0.129. The van der Waals surface area contributed by atoms with Crippen molar-refractivity contribution in [2.75, 3.05) is 0 Å². The number of hydrogen-bond acceptors (Lipinski definition) is 2. The van der Waals surface area contributed by atoms with Gasteiger partial charge in [0, 0.05) is 6.04 Å². The zero-order chi connectivity index (χ0) is 16.9. The van der Waals surface area contributed by atoms with Crippen molar-refractivity contribution in [3.63, 3.8) is 0 Å². The second kappa shape index (κ2) is 8.21. The average Bonchev–Trinajstić information content (AvgIpc) is 2.44. The van der Waals surface area contributed by atoms with E-state index in [-0.39, 0.29) is 11.9 Å². The van der Waals surface area contributed by atoms with E-state index in [0.29, 0.717) is 18.3 Å². The normalized spacial score (nSPS) is 12.8. The molecule has 0 bridgehead atoms. The Balaban J connectivity index is 2.77. The SMILES string of the molecule is CC[C@H](Oc1ccc(C)c(C)c1)C(=O)NC(C(C)C)C(C)C. The second-order valence-electron chi connectivity index (χ2n) is 6.78. The summed E-state index contributed by atoms with van der Waals surface area (Å²) in [7, 11) is 0. The molecule has 0 saturated carbocycles. The molecule has 0 spiro atoms. The quantitative estimate of drug-likeness (QED) is 0.817. The molecule has 1 rings (SSSR count). The van der Waals surface area contributed by atoms with E-state index in [1.165, 1.54) is 11.1 Å². The van der Waals surface area contributed by atoms with Crippen molar-refractivity contribution in [3.8, 4) is 5.75 Å². The molecular formula is C19H31NO2. The van der Waals surface area contributed by atoms with E-state index in [0.717, 1.165) is 5.75 Å². The largest absolute Gasteiger partial charge is 0.481 e. The van der Waals surface area contributed by atoms with Crippen LogP contribution in [-0.4, -0.2) is 18.1 Å². The standard InChI is InChI=1S/C19H31NO2/c1-8-17(19(21)20-18(12(2)3)13(4)5)22-16-10-9-14(6)15(7)11-16/h9-13,17-18H,8H2,1-7H3,(H,20,21)/t17-/m0/s1. The van der Waals surface area contributed by atoms with E-state index in [1.54, 1.807) is 0 Å². The first-order chi connectivity index (χ1) is 10.3. The summed E-state index contributed by atoms with van der Waals surface area (Å²) in [6.45, 7) is 14.6. The summed E-state index contributed by atoms with van der Waals surface area (Å²) in [5, 5.41) is 3.15. The minimum absolute atomic E-state index is 0.0203. The third-order valence-corrected chi connectivity index (χ3v) is 4.17. The van der Waals surface area contributed by atoms with Crippen LogP contribution in [0.2, 0.25) is 0 Å². The number of carbonyl (C=O) groups is 1. The van der Waals surface area contributed by atoms with Crippen molar-refractivity contribution in [3.05, 3.63) is 29.3 Å². The number of amides is 1. The predicted octanol–water partition coefficient (Wildman–Crippen LogP) is 4.26. The molecule has 0 aliphatic carbocycles. The third kappa shape index (κ3) is 5.04. The van der Waals surface area contributed by atoms with Crippen molar-refractivity contribution in [2.45, 2.75) is 67.0 Å². The molecule has 0 unspecified atom stereocenters. The number of ether oxygens (including phenoxy) is 1. The second-order valence-corrected chi connectivity index (χ2v) is 6.78. The van der Waals surface area contributed by atoms with Crippen LogP contribution in [0, 0.1) is 25.7 Å². The van der Waals surface area contributed by atoms with Crippen LogP contribution in [0.5, 0.6) is 5.75 Å². The van der Waals surface area contributed by atoms with Gasteiger partial charge >= 0.3 is 0 Å². The maximum atomic E-state index is 12.5. The Hall–Kier alpha value is -1.51. The molecular weight excluding hydrogens is 274 g/mol. The van der Waals surface area contributed by atoms with Gasteiger partial charge in [0.05, 0.1) is 0 Å². The molecule has 1 atom stereocenters. The summed E-state index contributed by atoms with van der Waals surface area (Å²) in [5.41, 5.74) is 2.40. The number of carbonyl (C=O) groups excluding carboxylic acids is 1. The highest BCUT2D eigenvalue weighted by Crippen LogP contribution is 2.19. The lowest BCUT2D eigenvalue weighted by Gasteiger charge is -2.28. The van der Waals surface area contributed by atoms with Gasteiger partial charge < -0.3 is 10.1 Å². The van der Waals surface area contributed by atoms with E-state index < -0.39 is 6.10 Å². The fraction of sp³-hybridized carbons (Fsp3) is 0.632. The highest BCUT2D eigenvalue weighted by molar-refractivity contribution is 5.81. The smallest absolute Gasteiger partial charge is 0.261 e. The fourth-order valence-corrected chi connectivity index (χ4v) is 2.63. The van der Waals surface area contributed by atoms with Gasteiger partial charge in [-0.15, -0.1) is 0 Å². The number of hydrogen-bond donors (Lipinski definition) is 1. The van der Waals surface area contributed by atoms with Gasteiger partial charge in [-0.3, -0.25) is 4.79 Å². The van der Waals surface area contributed by atoms with E-state index in [1.807, 2.05) is 25.1 Å². The van der Waals surface area contributed by atoms with Gasteiger partial charge in [0.25, 0.3) is 5.91 Å². The molecule has 1 aromatic carbocycles. The summed E-state index contributed by atoms with van der Waals surface area (Å²) in [6.07, 6.45) is 0.212. The van der Waals surface area contributed by atoms with Crippen LogP contribution in [0.1, 0.15) is 52.2 Å². The van der Waals surface area contributed by atoms with Crippen LogP contribution < -0.4 is 10.1 Å². The van der Waals surface area contributed by atoms with Crippen LogP contribution in [0.15, 0.2) is 18.2 Å². The van der Waals surface area contributed by atoms with Crippen molar-refractivity contribution in [1.82, 2.24) is 5.32 Å². The van der Waals surface area contributed by atoms with Crippen LogP contribution >= 0.6 is 0 Å². The van der Waals surface area contributed by atoms with Gasteiger partial charge in [-0.2, -0.15) is 0 Å². The first kappa shape index (κ1) is 18.5. The predicted molar refractivity (Wildman–Crippen MR) is 92.2 cm³/mol. The monoisotopic (exact) mass is 305 g/mol. The minimum atomic E-state index is -0.442. The average molecular weight is 305 g/mol. The molecule has 1 aromatic rings. The van der Waals surface area contributed by atoms with Crippen molar-refractivity contribution < 1.29 is 9.53 Å². The molecule has 0 heterocycles. The Morgan fingerprint density at radius 2 is 1.68 bits per heavy atom. The Bertz CT molecular complexity index is 486. The van der Waals surface area contributed by atoms with Crippen molar-refractivity contribution in [1.29, 1.82) is 0 Å². The number of benzene rings is 1. The molecule has 0 aliphatic rings. The summed E-state index contributed by atoms with van der Waals surface area (Å²) >= 11 is 0. The highest BCUT2D eigenvalue weighted by atomic mass is 16.5. The first-order valence-electron chi connectivity index (χ1n) is 8.30. The zero-order valence-electron chi connectivity index (χ0n) is 15.1. The lowest BCUT2D eigenvalue weighted by Crippen LogP contribution is -2.48. The van der Waals surface area contributed by atoms with Gasteiger partial charge in [-0.25, -0.2) is 0 Å². The third-order valence-electron chi connectivity index (χ3n) is 4.17. The molecule has 0 radical (unpaired) electrons. The van der Waals surface area contributed by atoms with Crippen molar-refractivity contribution >= 4 is 5.91 Å². The molecule has 22 heavy (non-hydrogen) atoms. The summed E-state index contributed by atoms with van der Waals surface area (Å²) in [4.78, 5) is 12.5. The Morgan fingerprint density at radius 3 is 2.14 bits per heavy atom. The number of nitrogens with one attached hydrogen (secondary N) is 1. The molecule has 3 nitrogen and oxygen atoms in total. The van der Waals surface area contributed by atoms with E-state index >= 15 is 0 Å². The summed E-state index contributed by atoms with van der Waals surface area (Å²) < 4.78 is 5.91. The summed E-state index contributed by atoms with van der Waals surface area (Å²) in [6, 6.07) is 6.12. The van der Waals surface area contributed by atoms with Crippen molar-refractivity contribution in [2.24, 2.45) is 11.8 Å². The lowest BCUT2D eigenvalue weighted by atomic mass is 9.93. The molecule has 0 aromatic heterocycles. The fourth-order valence-electron chi connectivity index (χ4n) is 2.63. The van der Waals surface area contributed by atoms with Gasteiger partial charge in [-0.05, 0) is 55.4 Å². The van der Waals surface area contributed by atoms with Gasteiger partial charge in [-0.1, -0.05) is 40.7 Å². The first-order valence-corrected chi connectivity index (χ1v) is 8.30. The van der Waals surface area contributed by atoms with Gasteiger partial charge in [0.1, 0.15) is 5.75 Å². The number of rotatable bonds is 7. The maximum absolute atomic E-state index is 12.5. The van der Waals surface area contributed by atoms with Crippen LogP contribution in [-0.2, 0) is 4.79 Å². The Labute approximate surface area is 135 Å². The van der Waals surface area contributed by atoms with Crippen LogP contribution in [0.3, 0.4) is 0 Å². The highest BCUT2D eigenvalue weighted by Gasteiger charge is 2.25. The van der Waals surface area contributed by atoms with Gasteiger partial charge in [0.2, 0.25) is 0 Å². The van der Waals surface area contributed by atoms with E-state index in [2.05, 4.69) is 46.9 Å². The number of aryl methyl sites for hydroxylation is 2. The Morgan fingerprint density at radius 1 is 1.09 bits per heavy atom. The van der Waals surface area contributed by atoms with E-state index in [9.17, 15) is 4.79 Å². The molecule has 1 N–H and O–H groups in total. The van der Waals surface area contributed by atoms with Crippen LogP contribution in [0.25, 0.3) is 0 Å². The zero-order valence-corrected chi connectivity index (χ0v) is 15.1. The molecule has 124 valence electrons. The molecule has 0 saturated heterocycles. The van der Waals surface area contributed by atoms with E-state index in [4.69, 9.17) is 4.74 Å². The minimum Gasteiger partial charge on any atom is -0.481 e. The molecule has 3 heteroatoms.